The first-order chi connectivity index (χ1) is 14.2. The zero-order valence-electron chi connectivity index (χ0n) is 16.9. The van der Waals surface area contributed by atoms with Crippen molar-refractivity contribution in [2.45, 2.75) is 39.3 Å². The van der Waals surface area contributed by atoms with Crippen molar-refractivity contribution in [1.82, 2.24) is 14.9 Å². The number of anilines is 1. The van der Waals surface area contributed by atoms with Gasteiger partial charge in [0.2, 0.25) is 0 Å². The summed E-state index contributed by atoms with van der Waals surface area (Å²) < 4.78 is 5.19. The van der Waals surface area contributed by atoms with Gasteiger partial charge in [-0.05, 0) is 37.8 Å². The lowest BCUT2D eigenvalue weighted by atomic mass is 10.0. The standard InChI is InChI=1S/C22H26N4O2S/c1-3-28-22(27)19-15(2)18-20(23-14-24-21(18)29-19)25-17-9-11-26(12-10-17)13-16-7-5-4-6-8-16/h4-8,14,17H,3,9-13H2,1-2H3,(H,23,24,25). The smallest absolute Gasteiger partial charge is 0.348 e. The predicted octanol–water partition coefficient (Wildman–Crippen LogP) is 4.25. The fourth-order valence-electron chi connectivity index (χ4n) is 3.84. The summed E-state index contributed by atoms with van der Waals surface area (Å²) in [4.78, 5) is 25.0. The number of carbonyl (C=O) groups is 1. The molecule has 1 aliphatic heterocycles. The van der Waals surface area contributed by atoms with Crippen LogP contribution in [0, 0.1) is 6.92 Å². The molecule has 1 aromatic carbocycles. The molecule has 3 heterocycles. The molecule has 7 heteroatoms. The fraction of sp³-hybridized carbons (Fsp3) is 0.409. The third-order valence-corrected chi connectivity index (χ3v) is 6.54. The number of ether oxygens (including phenoxy) is 1. The molecule has 0 bridgehead atoms. The van der Waals surface area contributed by atoms with Gasteiger partial charge in [0.15, 0.2) is 0 Å². The van der Waals surface area contributed by atoms with Crippen LogP contribution in [0.15, 0.2) is 36.7 Å². The summed E-state index contributed by atoms with van der Waals surface area (Å²) in [7, 11) is 0. The van der Waals surface area contributed by atoms with Gasteiger partial charge in [0.05, 0.1) is 12.0 Å². The van der Waals surface area contributed by atoms with E-state index in [2.05, 4.69) is 50.5 Å². The summed E-state index contributed by atoms with van der Waals surface area (Å²) in [6, 6.07) is 11.0. The van der Waals surface area contributed by atoms with Crippen molar-refractivity contribution in [3.05, 3.63) is 52.7 Å². The SMILES string of the molecule is CCOC(=O)c1sc2ncnc(NC3CCN(Cc4ccccc4)CC3)c2c1C. The largest absolute Gasteiger partial charge is 0.462 e. The number of benzene rings is 1. The third kappa shape index (κ3) is 4.41. The van der Waals surface area contributed by atoms with E-state index in [1.54, 1.807) is 6.33 Å². The molecule has 0 amide bonds. The van der Waals surface area contributed by atoms with Crippen molar-refractivity contribution < 1.29 is 9.53 Å². The van der Waals surface area contributed by atoms with E-state index >= 15 is 0 Å². The second-order valence-electron chi connectivity index (χ2n) is 7.36. The molecule has 2 aromatic heterocycles. The number of aromatic nitrogens is 2. The molecule has 4 rings (SSSR count). The van der Waals surface area contributed by atoms with Crippen LogP contribution in [-0.2, 0) is 11.3 Å². The van der Waals surface area contributed by atoms with Crippen LogP contribution in [0.3, 0.4) is 0 Å². The Morgan fingerprint density at radius 2 is 2.00 bits per heavy atom. The Morgan fingerprint density at radius 3 is 2.72 bits per heavy atom. The number of likely N-dealkylation sites (tertiary alicyclic amines) is 1. The first kappa shape index (κ1) is 19.8. The lowest BCUT2D eigenvalue weighted by molar-refractivity contribution is 0.0531. The van der Waals surface area contributed by atoms with Crippen molar-refractivity contribution in [1.29, 1.82) is 0 Å². The average molecular weight is 411 g/mol. The third-order valence-electron chi connectivity index (χ3n) is 5.37. The molecule has 1 aliphatic rings. The Hall–Kier alpha value is -2.51. The highest BCUT2D eigenvalue weighted by molar-refractivity contribution is 7.20. The molecule has 1 saturated heterocycles. The number of esters is 1. The minimum Gasteiger partial charge on any atom is -0.462 e. The highest BCUT2D eigenvalue weighted by Crippen LogP contribution is 2.34. The average Bonchev–Trinajstić information content (AvgIpc) is 3.08. The summed E-state index contributed by atoms with van der Waals surface area (Å²) in [5.41, 5.74) is 2.25. The van der Waals surface area contributed by atoms with Gasteiger partial charge in [-0.1, -0.05) is 30.3 Å². The lowest BCUT2D eigenvalue weighted by Crippen LogP contribution is -2.38. The predicted molar refractivity (Wildman–Crippen MR) is 116 cm³/mol. The van der Waals surface area contributed by atoms with Gasteiger partial charge in [-0.3, -0.25) is 4.90 Å². The van der Waals surface area contributed by atoms with E-state index in [0.717, 1.165) is 54.1 Å². The van der Waals surface area contributed by atoms with Crippen LogP contribution in [-0.4, -0.2) is 46.6 Å². The Bertz CT molecular complexity index is 981. The van der Waals surface area contributed by atoms with E-state index in [0.29, 0.717) is 17.5 Å². The number of aryl methyl sites for hydroxylation is 1. The van der Waals surface area contributed by atoms with Crippen LogP contribution >= 0.6 is 11.3 Å². The molecule has 1 fully saturated rings. The number of nitrogens with one attached hydrogen (secondary N) is 1. The molecule has 0 saturated carbocycles. The maximum Gasteiger partial charge on any atom is 0.348 e. The number of carbonyl (C=O) groups excluding carboxylic acids is 1. The summed E-state index contributed by atoms with van der Waals surface area (Å²) in [5.74, 6) is 0.536. The van der Waals surface area contributed by atoms with Crippen molar-refractivity contribution in [2.75, 3.05) is 25.0 Å². The molecular formula is C22H26N4O2S. The van der Waals surface area contributed by atoms with Crippen LogP contribution in [0.4, 0.5) is 5.82 Å². The minimum atomic E-state index is -0.284. The molecule has 1 N–H and O–H groups in total. The summed E-state index contributed by atoms with van der Waals surface area (Å²) in [6.45, 7) is 7.23. The molecular weight excluding hydrogens is 384 g/mol. The highest BCUT2D eigenvalue weighted by Gasteiger charge is 2.23. The molecule has 0 unspecified atom stereocenters. The molecule has 0 aliphatic carbocycles. The lowest BCUT2D eigenvalue weighted by Gasteiger charge is -2.32. The molecule has 0 radical (unpaired) electrons. The van der Waals surface area contributed by atoms with Gasteiger partial charge in [-0.2, -0.15) is 0 Å². The number of hydrogen-bond donors (Lipinski definition) is 1. The Morgan fingerprint density at radius 1 is 1.24 bits per heavy atom. The van der Waals surface area contributed by atoms with E-state index in [9.17, 15) is 4.79 Å². The Kier molecular flexibility index (Phi) is 6.06. The number of fused-ring (bicyclic) bond motifs is 1. The topological polar surface area (TPSA) is 67.3 Å². The van der Waals surface area contributed by atoms with Crippen molar-refractivity contribution in [3.63, 3.8) is 0 Å². The van der Waals surface area contributed by atoms with Gasteiger partial charge in [-0.15, -0.1) is 11.3 Å². The monoisotopic (exact) mass is 410 g/mol. The van der Waals surface area contributed by atoms with Crippen LogP contribution in [0.1, 0.15) is 40.6 Å². The molecule has 0 atom stereocenters. The normalized spacial score (nSPS) is 15.5. The molecule has 0 spiro atoms. The molecule has 6 nitrogen and oxygen atoms in total. The van der Waals surface area contributed by atoms with Crippen molar-refractivity contribution >= 4 is 33.3 Å². The highest BCUT2D eigenvalue weighted by atomic mass is 32.1. The molecule has 29 heavy (non-hydrogen) atoms. The van der Waals surface area contributed by atoms with Crippen molar-refractivity contribution in [3.8, 4) is 0 Å². The molecule has 3 aromatic rings. The summed E-state index contributed by atoms with van der Waals surface area (Å²) in [6.07, 6.45) is 3.69. The van der Waals surface area contributed by atoms with Gasteiger partial charge in [0, 0.05) is 25.7 Å². The number of rotatable bonds is 6. The van der Waals surface area contributed by atoms with Gasteiger partial charge < -0.3 is 10.1 Å². The van der Waals surface area contributed by atoms with Crippen LogP contribution in [0.2, 0.25) is 0 Å². The van der Waals surface area contributed by atoms with Gasteiger partial charge in [0.25, 0.3) is 0 Å². The fourth-order valence-corrected chi connectivity index (χ4v) is 4.89. The van der Waals surface area contributed by atoms with Crippen LogP contribution in [0.5, 0.6) is 0 Å². The Labute approximate surface area is 174 Å². The summed E-state index contributed by atoms with van der Waals surface area (Å²) in [5, 5.41) is 4.55. The van der Waals surface area contributed by atoms with Gasteiger partial charge >= 0.3 is 5.97 Å². The van der Waals surface area contributed by atoms with Crippen LogP contribution in [0.25, 0.3) is 10.2 Å². The molecule has 152 valence electrons. The van der Waals surface area contributed by atoms with Gasteiger partial charge in [-0.25, -0.2) is 14.8 Å². The van der Waals surface area contributed by atoms with E-state index < -0.39 is 0 Å². The zero-order valence-corrected chi connectivity index (χ0v) is 17.7. The maximum atomic E-state index is 12.2. The number of thiophene rings is 1. The minimum absolute atomic E-state index is 0.284. The van der Waals surface area contributed by atoms with Crippen molar-refractivity contribution in [2.24, 2.45) is 0 Å². The quantitative estimate of drug-likeness (QED) is 0.613. The van der Waals surface area contributed by atoms with E-state index in [1.807, 2.05) is 13.8 Å². The Balaban J connectivity index is 1.44. The maximum absolute atomic E-state index is 12.2. The van der Waals surface area contributed by atoms with E-state index in [4.69, 9.17) is 4.74 Å². The first-order valence-electron chi connectivity index (χ1n) is 10.1. The number of nitrogens with zero attached hydrogens (tertiary/aromatic N) is 3. The van der Waals surface area contributed by atoms with E-state index in [1.165, 1.54) is 16.9 Å². The first-order valence-corrected chi connectivity index (χ1v) is 10.9. The van der Waals surface area contributed by atoms with E-state index in [-0.39, 0.29) is 5.97 Å². The second-order valence-corrected chi connectivity index (χ2v) is 8.36. The second kappa shape index (κ2) is 8.88. The number of piperidine rings is 1. The zero-order chi connectivity index (χ0) is 20.2. The van der Waals surface area contributed by atoms with Crippen LogP contribution < -0.4 is 5.32 Å². The van der Waals surface area contributed by atoms with Gasteiger partial charge in [0.1, 0.15) is 21.9 Å². The number of hydrogen-bond acceptors (Lipinski definition) is 7. The summed E-state index contributed by atoms with van der Waals surface area (Å²) >= 11 is 1.38.